The Balaban J connectivity index is 2.01. The average Bonchev–Trinajstić information content (AvgIpc) is 2.65. The Morgan fingerprint density at radius 1 is 1.05 bits per heavy atom. The Morgan fingerprint density at radius 3 is 2.05 bits per heavy atom. The van der Waals surface area contributed by atoms with Crippen molar-refractivity contribution in [2.45, 2.75) is 6.23 Å². The average molecular weight is 312 g/mol. The molecule has 7 heteroatoms. The summed E-state index contributed by atoms with van der Waals surface area (Å²) < 4.78 is 5.19. The molecule has 2 heterocycles. The first-order valence-electron chi connectivity index (χ1n) is 5.68. The van der Waals surface area contributed by atoms with Crippen molar-refractivity contribution >= 4 is 40.8 Å². The van der Waals surface area contributed by atoms with Crippen molar-refractivity contribution in [1.82, 2.24) is 4.90 Å². The molecule has 102 valence electrons. The molecule has 0 bridgehead atoms. The third-order valence-corrected chi connectivity index (χ3v) is 3.78. The molecule has 3 rings (SSSR count). The maximum absolute atomic E-state index is 12.3. The van der Waals surface area contributed by atoms with E-state index in [2.05, 4.69) is 0 Å². The van der Waals surface area contributed by atoms with Gasteiger partial charge >= 0.3 is 0 Å². The van der Waals surface area contributed by atoms with Crippen LogP contribution in [0.5, 0.6) is 0 Å². The molecule has 1 aromatic carbocycles. The fourth-order valence-corrected chi connectivity index (χ4v) is 2.43. The number of rotatable bonds is 1. The molecule has 0 saturated heterocycles. The lowest BCUT2D eigenvalue weighted by molar-refractivity contribution is -0.124. The van der Waals surface area contributed by atoms with E-state index in [-0.39, 0.29) is 33.6 Å². The molecule has 0 fully saturated rings. The smallest absolute Gasteiger partial charge is 0.264 e. The van der Waals surface area contributed by atoms with Crippen LogP contribution in [0.2, 0.25) is 10.0 Å². The first kappa shape index (κ1) is 13.3. The number of carbonyl (C=O) groups excluding carboxylic acids is 3. The van der Waals surface area contributed by atoms with Gasteiger partial charge in [0, 0.05) is 0 Å². The highest BCUT2D eigenvalue weighted by Gasteiger charge is 2.41. The first-order valence-corrected chi connectivity index (χ1v) is 6.44. The molecule has 0 aromatic heterocycles. The third-order valence-electron chi connectivity index (χ3n) is 3.06. The number of carbonyl (C=O) groups is 3. The topological polar surface area (TPSA) is 63.7 Å². The van der Waals surface area contributed by atoms with E-state index < -0.39 is 18.0 Å². The van der Waals surface area contributed by atoms with Crippen molar-refractivity contribution in [3.05, 3.63) is 45.5 Å². The van der Waals surface area contributed by atoms with Crippen LogP contribution in [0.1, 0.15) is 20.7 Å². The first-order chi connectivity index (χ1) is 9.49. The Labute approximate surface area is 123 Å². The van der Waals surface area contributed by atoms with E-state index in [1.807, 2.05) is 0 Å². The molecule has 0 unspecified atom stereocenters. The monoisotopic (exact) mass is 311 g/mol. The van der Waals surface area contributed by atoms with Gasteiger partial charge in [-0.25, -0.2) is 4.90 Å². The fourth-order valence-electron chi connectivity index (χ4n) is 2.11. The van der Waals surface area contributed by atoms with Gasteiger partial charge in [-0.2, -0.15) is 0 Å². The maximum Gasteiger partial charge on any atom is 0.264 e. The number of imide groups is 1. The van der Waals surface area contributed by atoms with Crippen LogP contribution in [0.3, 0.4) is 0 Å². The van der Waals surface area contributed by atoms with Gasteiger partial charge in [0.2, 0.25) is 0 Å². The number of benzene rings is 1. The van der Waals surface area contributed by atoms with Gasteiger partial charge in [-0.05, 0) is 24.3 Å². The molecule has 0 saturated carbocycles. The van der Waals surface area contributed by atoms with Crippen molar-refractivity contribution in [2.24, 2.45) is 0 Å². The summed E-state index contributed by atoms with van der Waals surface area (Å²) >= 11 is 11.7. The third kappa shape index (κ3) is 1.95. The Hall–Kier alpha value is -1.69. The Morgan fingerprint density at radius 2 is 1.60 bits per heavy atom. The summed E-state index contributed by atoms with van der Waals surface area (Å²) in [6.07, 6.45) is 1.77. The summed E-state index contributed by atoms with van der Waals surface area (Å²) in [4.78, 5) is 36.5. The van der Waals surface area contributed by atoms with E-state index in [1.165, 1.54) is 24.3 Å². The normalized spacial score (nSPS) is 21.6. The van der Waals surface area contributed by atoms with Crippen LogP contribution >= 0.6 is 23.2 Å². The molecule has 2 aliphatic heterocycles. The fraction of sp³-hybridized carbons (Fsp3) is 0.154. The standard InChI is InChI=1S/C13H7Cl2NO4/c14-9-3-7-8(4-10(9)15)13(19)16(12(7)18)11-2-1-6(17)5-20-11/h1-4,11H,5H2/t11-/m1/s1. The predicted octanol–water partition coefficient (Wildman–Crippen LogP) is 2.07. The highest BCUT2D eigenvalue weighted by Crippen LogP contribution is 2.32. The van der Waals surface area contributed by atoms with Crippen LogP contribution in [0, 0.1) is 0 Å². The van der Waals surface area contributed by atoms with Crippen LogP contribution in [0.4, 0.5) is 0 Å². The number of nitrogens with zero attached hydrogens (tertiary/aromatic N) is 1. The van der Waals surface area contributed by atoms with Crippen LogP contribution in [0.15, 0.2) is 24.3 Å². The lowest BCUT2D eigenvalue weighted by atomic mass is 10.1. The van der Waals surface area contributed by atoms with Gasteiger partial charge in [0.1, 0.15) is 6.61 Å². The molecule has 0 N–H and O–H groups in total. The zero-order chi connectivity index (χ0) is 14.4. The van der Waals surface area contributed by atoms with Gasteiger partial charge in [0.25, 0.3) is 11.8 Å². The molecule has 2 aliphatic rings. The zero-order valence-corrected chi connectivity index (χ0v) is 11.4. The molecule has 5 nitrogen and oxygen atoms in total. The van der Waals surface area contributed by atoms with Crippen LogP contribution in [-0.2, 0) is 9.53 Å². The van der Waals surface area contributed by atoms with E-state index in [0.29, 0.717) is 0 Å². The lowest BCUT2D eigenvalue weighted by Gasteiger charge is -2.25. The summed E-state index contributed by atoms with van der Waals surface area (Å²) in [5, 5.41) is 0.396. The Bertz CT molecular complexity index is 642. The number of halogens is 2. The Kier molecular flexibility index (Phi) is 3.12. The van der Waals surface area contributed by atoms with Gasteiger partial charge < -0.3 is 4.74 Å². The van der Waals surface area contributed by atoms with Crippen LogP contribution in [0.25, 0.3) is 0 Å². The van der Waals surface area contributed by atoms with Crippen molar-refractivity contribution < 1.29 is 19.1 Å². The van der Waals surface area contributed by atoms with Gasteiger partial charge in [-0.15, -0.1) is 0 Å². The minimum absolute atomic E-state index is 0.171. The minimum atomic E-state index is -0.891. The van der Waals surface area contributed by atoms with Gasteiger partial charge in [0.15, 0.2) is 12.0 Å². The van der Waals surface area contributed by atoms with E-state index in [1.54, 1.807) is 0 Å². The van der Waals surface area contributed by atoms with E-state index in [9.17, 15) is 14.4 Å². The molecule has 1 aromatic rings. The van der Waals surface area contributed by atoms with Crippen molar-refractivity contribution in [3.8, 4) is 0 Å². The quantitative estimate of drug-likeness (QED) is 0.745. The number of hydrogen-bond donors (Lipinski definition) is 0. The van der Waals surface area contributed by atoms with Gasteiger partial charge in [-0.3, -0.25) is 14.4 Å². The van der Waals surface area contributed by atoms with Gasteiger partial charge in [-0.1, -0.05) is 23.2 Å². The summed E-state index contributed by atoms with van der Waals surface area (Å²) in [5.41, 5.74) is 0.358. The molecule has 0 spiro atoms. The van der Waals surface area contributed by atoms with Crippen LogP contribution < -0.4 is 0 Å². The molecule has 20 heavy (non-hydrogen) atoms. The van der Waals surface area contributed by atoms with E-state index in [4.69, 9.17) is 27.9 Å². The predicted molar refractivity (Wildman–Crippen MR) is 70.8 cm³/mol. The second-order valence-corrected chi connectivity index (χ2v) is 5.13. The molecule has 2 amide bonds. The maximum atomic E-state index is 12.3. The van der Waals surface area contributed by atoms with Crippen molar-refractivity contribution in [3.63, 3.8) is 0 Å². The van der Waals surface area contributed by atoms with Crippen molar-refractivity contribution in [1.29, 1.82) is 0 Å². The second-order valence-electron chi connectivity index (χ2n) is 4.32. The molecule has 1 atom stereocenters. The number of hydrogen-bond acceptors (Lipinski definition) is 4. The summed E-state index contributed by atoms with van der Waals surface area (Å²) in [6, 6.07) is 2.72. The van der Waals surface area contributed by atoms with Gasteiger partial charge in [0.05, 0.1) is 21.2 Å². The summed E-state index contributed by atoms with van der Waals surface area (Å²) in [5.74, 6) is -1.26. The molecular weight excluding hydrogens is 305 g/mol. The SMILES string of the molecule is O=C1C=C[C@H](N2C(=O)c3cc(Cl)c(Cl)cc3C2=O)OC1. The highest BCUT2D eigenvalue weighted by atomic mass is 35.5. The molecular formula is C13H7Cl2NO4. The number of ether oxygens (including phenoxy) is 1. The summed E-state index contributed by atoms with van der Waals surface area (Å²) in [7, 11) is 0. The molecule has 0 radical (unpaired) electrons. The van der Waals surface area contributed by atoms with E-state index in [0.717, 1.165) is 4.90 Å². The van der Waals surface area contributed by atoms with Crippen molar-refractivity contribution in [2.75, 3.05) is 6.61 Å². The number of ketones is 1. The highest BCUT2D eigenvalue weighted by molar-refractivity contribution is 6.43. The van der Waals surface area contributed by atoms with Crippen LogP contribution in [-0.4, -0.2) is 35.3 Å². The second kappa shape index (κ2) is 4.70. The lowest BCUT2D eigenvalue weighted by Crippen LogP contribution is -2.42. The number of fused-ring (bicyclic) bond motifs is 1. The zero-order valence-electron chi connectivity index (χ0n) is 9.93. The molecule has 0 aliphatic carbocycles. The number of amides is 2. The largest absolute Gasteiger partial charge is 0.346 e. The minimum Gasteiger partial charge on any atom is -0.346 e. The van der Waals surface area contributed by atoms with E-state index >= 15 is 0 Å². The summed E-state index contributed by atoms with van der Waals surface area (Å²) in [6.45, 7) is -0.171.